The number of hydrogen-bond acceptors (Lipinski definition) is 6. The van der Waals surface area contributed by atoms with Crippen molar-refractivity contribution in [2.75, 3.05) is 24.9 Å². The van der Waals surface area contributed by atoms with E-state index in [2.05, 4.69) is 20.1 Å². The fourth-order valence-corrected chi connectivity index (χ4v) is 3.03. The van der Waals surface area contributed by atoms with Crippen LogP contribution in [-0.4, -0.2) is 38.0 Å². The Morgan fingerprint density at radius 2 is 1.40 bits per heavy atom. The molecule has 3 rings (SSSR count). The van der Waals surface area contributed by atoms with Gasteiger partial charge in [0.2, 0.25) is 5.91 Å². The first-order valence-corrected chi connectivity index (χ1v) is 9.36. The molecule has 0 aliphatic heterocycles. The normalized spacial score (nSPS) is 16.9. The van der Waals surface area contributed by atoms with Crippen molar-refractivity contribution in [2.24, 2.45) is 11.8 Å². The number of carbonyl (C=O) groups is 4. The van der Waals surface area contributed by atoms with E-state index in [9.17, 15) is 19.2 Å². The smallest absolute Gasteiger partial charge is 0.337 e. The summed E-state index contributed by atoms with van der Waals surface area (Å²) in [5.74, 6) is -1.45. The SMILES string of the molecule is COC(=O)c1cc(NC(=O)c2cccc(NC(=O)C3CC3C)c2)cc(C(=O)OC)c1. The summed E-state index contributed by atoms with van der Waals surface area (Å²) in [5, 5.41) is 5.47. The van der Waals surface area contributed by atoms with Gasteiger partial charge in [0.1, 0.15) is 0 Å². The summed E-state index contributed by atoms with van der Waals surface area (Å²) in [5.41, 5.74) is 1.24. The van der Waals surface area contributed by atoms with Crippen molar-refractivity contribution in [2.45, 2.75) is 13.3 Å². The van der Waals surface area contributed by atoms with Crippen LogP contribution < -0.4 is 10.6 Å². The molecule has 156 valence electrons. The number of rotatable bonds is 6. The summed E-state index contributed by atoms with van der Waals surface area (Å²) in [6.07, 6.45) is 0.866. The second-order valence-corrected chi connectivity index (χ2v) is 7.13. The molecule has 2 aromatic rings. The van der Waals surface area contributed by atoms with Crippen LogP contribution in [-0.2, 0) is 14.3 Å². The second kappa shape index (κ2) is 8.77. The highest BCUT2D eigenvalue weighted by atomic mass is 16.5. The number of methoxy groups -OCH3 is 2. The summed E-state index contributed by atoms with van der Waals surface area (Å²) in [7, 11) is 2.43. The van der Waals surface area contributed by atoms with Crippen molar-refractivity contribution in [3.63, 3.8) is 0 Å². The van der Waals surface area contributed by atoms with Crippen LogP contribution in [0.5, 0.6) is 0 Å². The third kappa shape index (κ3) is 4.83. The molecule has 30 heavy (non-hydrogen) atoms. The molecular weight excluding hydrogens is 388 g/mol. The maximum atomic E-state index is 12.7. The Kier molecular flexibility index (Phi) is 6.15. The van der Waals surface area contributed by atoms with E-state index in [0.29, 0.717) is 17.2 Å². The van der Waals surface area contributed by atoms with Gasteiger partial charge in [0.15, 0.2) is 0 Å². The molecule has 0 heterocycles. The number of anilines is 2. The van der Waals surface area contributed by atoms with Crippen LogP contribution in [0, 0.1) is 11.8 Å². The lowest BCUT2D eigenvalue weighted by molar-refractivity contribution is -0.117. The van der Waals surface area contributed by atoms with Crippen molar-refractivity contribution < 1.29 is 28.7 Å². The first-order chi connectivity index (χ1) is 14.3. The highest BCUT2D eigenvalue weighted by molar-refractivity contribution is 6.07. The van der Waals surface area contributed by atoms with Gasteiger partial charge in [0.05, 0.1) is 25.3 Å². The van der Waals surface area contributed by atoms with Gasteiger partial charge < -0.3 is 20.1 Å². The number of hydrogen-bond donors (Lipinski definition) is 2. The van der Waals surface area contributed by atoms with Crippen molar-refractivity contribution in [3.8, 4) is 0 Å². The number of amides is 2. The maximum Gasteiger partial charge on any atom is 0.337 e. The lowest BCUT2D eigenvalue weighted by atomic mass is 10.1. The van der Waals surface area contributed by atoms with Crippen molar-refractivity contribution in [3.05, 3.63) is 59.2 Å². The molecule has 0 saturated heterocycles. The van der Waals surface area contributed by atoms with Gasteiger partial charge in [-0.3, -0.25) is 9.59 Å². The number of carbonyl (C=O) groups excluding carboxylic acids is 4. The fraction of sp³-hybridized carbons (Fsp3) is 0.273. The third-order valence-electron chi connectivity index (χ3n) is 4.87. The van der Waals surface area contributed by atoms with Gasteiger partial charge in [0, 0.05) is 22.9 Å². The predicted octanol–water partition coefficient (Wildman–Crippen LogP) is 3.11. The van der Waals surface area contributed by atoms with Gasteiger partial charge >= 0.3 is 11.9 Å². The molecule has 1 aliphatic rings. The lowest BCUT2D eigenvalue weighted by Crippen LogP contribution is -2.16. The standard InChI is InChI=1S/C22H22N2O6/c1-12-7-18(12)20(26)23-16-6-4-5-13(9-16)19(25)24-17-10-14(21(27)29-2)8-15(11-17)22(28)30-3/h4-6,8-12,18H,7H2,1-3H3,(H,23,26)(H,24,25). The summed E-state index contributed by atoms with van der Waals surface area (Å²) in [4.78, 5) is 48.6. The van der Waals surface area contributed by atoms with Gasteiger partial charge in [-0.1, -0.05) is 13.0 Å². The summed E-state index contributed by atoms with van der Waals surface area (Å²) in [6, 6.07) is 10.6. The van der Waals surface area contributed by atoms with E-state index in [0.717, 1.165) is 6.42 Å². The van der Waals surface area contributed by atoms with E-state index in [1.54, 1.807) is 24.3 Å². The Labute approximate surface area is 173 Å². The molecule has 1 fully saturated rings. The fourth-order valence-electron chi connectivity index (χ4n) is 3.03. The largest absolute Gasteiger partial charge is 0.465 e. The summed E-state index contributed by atoms with van der Waals surface area (Å²) < 4.78 is 9.38. The summed E-state index contributed by atoms with van der Waals surface area (Å²) >= 11 is 0. The molecule has 2 atom stereocenters. The van der Waals surface area contributed by atoms with Gasteiger partial charge in [0.25, 0.3) is 5.91 Å². The number of nitrogens with one attached hydrogen (secondary N) is 2. The van der Waals surface area contributed by atoms with Crippen LogP contribution in [0.3, 0.4) is 0 Å². The Balaban J connectivity index is 1.79. The quantitative estimate of drug-likeness (QED) is 0.708. The average molecular weight is 410 g/mol. The molecule has 8 heteroatoms. The van der Waals surface area contributed by atoms with Gasteiger partial charge in [-0.15, -0.1) is 0 Å². The molecule has 2 N–H and O–H groups in total. The Morgan fingerprint density at radius 3 is 1.93 bits per heavy atom. The van der Waals surface area contributed by atoms with Gasteiger partial charge in [-0.05, 0) is 48.7 Å². The molecule has 0 spiro atoms. The van der Waals surface area contributed by atoms with E-state index in [1.165, 1.54) is 32.4 Å². The first kappa shape index (κ1) is 21.0. The third-order valence-corrected chi connectivity index (χ3v) is 4.87. The van der Waals surface area contributed by atoms with Crippen LogP contribution in [0.25, 0.3) is 0 Å². The van der Waals surface area contributed by atoms with Crippen LogP contribution >= 0.6 is 0 Å². The molecule has 1 saturated carbocycles. The topological polar surface area (TPSA) is 111 Å². The Hall–Kier alpha value is -3.68. The molecule has 2 amide bonds. The number of benzene rings is 2. The molecule has 1 aliphatic carbocycles. The van der Waals surface area contributed by atoms with E-state index in [-0.39, 0.29) is 28.6 Å². The van der Waals surface area contributed by atoms with Crippen LogP contribution in [0.15, 0.2) is 42.5 Å². The van der Waals surface area contributed by atoms with E-state index in [4.69, 9.17) is 0 Å². The molecule has 8 nitrogen and oxygen atoms in total. The second-order valence-electron chi connectivity index (χ2n) is 7.13. The van der Waals surface area contributed by atoms with Crippen molar-refractivity contribution in [1.82, 2.24) is 0 Å². The zero-order valence-electron chi connectivity index (χ0n) is 16.9. The zero-order valence-corrected chi connectivity index (χ0v) is 16.9. The van der Waals surface area contributed by atoms with Gasteiger partial charge in [-0.2, -0.15) is 0 Å². The maximum absolute atomic E-state index is 12.7. The Morgan fingerprint density at radius 1 is 0.833 bits per heavy atom. The molecule has 0 bridgehead atoms. The first-order valence-electron chi connectivity index (χ1n) is 9.36. The van der Waals surface area contributed by atoms with Crippen LogP contribution in [0.4, 0.5) is 11.4 Å². The highest BCUT2D eigenvalue weighted by Gasteiger charge is 2.39. The average Bonchev–Trinajstić information content (AvgIpc) is 3.49. The van der Waals surface area contributed by atoms with Crippen molar-refractivity contribution >= 4 is 35.1 Å². The van der Waals surface area contributed by atoms with E-state index >= 15 is 0 Å². The molecule has 2 unspecified atom stereocenters. The minimum Gasteiger partial charge on any atom is -0.465 e. The number of ether oxygens (including phenoxy) is 2. The predicted molar refractivity (Wildman–Crippen MR) is 109 cm³/mol. The minimum absolute atomic E-state index is 0.0142. The monoisotopic (exact) mass is 410 g/mol. The van der Waals surface area contributed by atoms with Gasteiger partial charge in [-0.25, -0.2) is 9.59 Å². The number of esters is 2. The van der Waals surface area contributed by atoms with Crippen LogP contribution in [0.2, 0.25) is 0 Å². The molecule has 0 aromatic heterocycles. The van der Waals surface area contributed by atoms with Crippen LogP contribution in [0.1, 0.15) is 44.4 Å². The minimum atomic E-state index is -0.657. The highest BCUT2D eigenvalue weighted by Crippen LogP contribution is 2.38. The summed E-state index contributed by atoms with van der Waals surface area (Å²) in [6.45, 7) is 2.01. The lowest BCUT2D eigenvalue weighted by Gasteiger charge is -2.11. The van der Waals surface area contributed by atoms with Crippen molar-refractivity contribution in [1.29, 1.82) is 0 Å². The molecule has 0 radical (unpaired) electrons. The zero-order chi connectivity index (χ0) is 21.8. The van der Waals surface area contributed by atoms with E-state index in [1.807, 2.05) is 6.92 Å². The van der Waals surface area contributed by atoms with E-state index < -0.39 is 17.8 Å². The molecule has 2 aromatic carbocycles. The Bertz CT molecular complexity index is 982. The molecular formula is C22H22N2O6.